The van der Waals surface area contributed by atoms with Gasteiger partial charge in [0.05, 0.1) is 37.8 Å². The zero-order valence-electron chi connectivity index (χ0n) is 25.2. The van der Waals surface area contributed by atoms with E-state index in [9.17, 15) is 9.59 Å². The molecule has 0 saturated carbocycles. The molecule has 0 atom stereocenters. The van der Waals surface area contributed by atoms with Crippen molar-refractivity contribution in [3.05, 3.63) is 83.6 Å². The maximum atomic E-state index is 12.9. The molecule has 2 aromatic rings. The number of nitrogens with zero attached hydrogens (tertiary/aromatic N) is 3. The van der Waals surface area contributed by atoms with E-state index in [0.29, 0.717) is 47.2 Å². The Labute approximate surface area is 253 Å². The zero-order valence-corrected chi connectivity index (χ0v) is 25.2. The summed E-state index contributed by atoms with van der Waals surface area (Å²) in [6.45, 7) is 5.50. The molecule has 0 bridgehead atoms. The number of ether oxygens (including phenoxy) is 3. The van der Waals surface area contributed by atoms with Crippen LogP contribution < -0.4 is 20.5 Å². The molecule has 2 aromatic carbocycles. The fraction of sp³-hybridized carbons (Fsp3) is 0.364. The number of carbonyl (C=O) groups excluding carboxylic acids is 2. The van der Waals surface area contributed by atoms with E-state index >= 15 is 0 Å². The summed E-state index contributed by atoms with van der Waals surface area (Å²) in [6, 6.07) is 12.1. The van der Waals surface area contributed by atoms with Crippen molar-refractivity contribution in [2.75, 3.05) is 65.9 Å². The lowest BCUT2D eigenvalue weighted by molar-refractivity contribution is -0.112. The smallest absolute Gasteiger partial charge is 0.338 e. The Bertz CT molecular complexity index is 1390. The number of aliphatic imine (C=N–C) groups is 1. The summed E-state index contributed by atoms with van der Waals surface area (Å²) >= 11 is 0. The third-order valence-electron chi connectivity index (χ3n) is 7.31. The van der Waals surface area contributed by atoms with Crippen LogP contribution in [0, 0.1) is 0 Å². The monoisotopic (exact) mass is 587 g/mol. The van der Waals surface area contributed by atoms with Gasteiger partial charge < -0.3 is 35.1 Å². The number of allylic oxidation sites excluding steroid dienone is 4. The van der Waals surface area contributed by atoms with Crippen LogP contribution in [0.25, 0.3) is 5.70 Å². The van der Waals surface area contributed by atoms with E-state index in [1.165, 1.54) is 0 Å². The third kappa shape index (κ3) is 9.29. The fourth-order valence-corrected chi connectivity index (χ4v) is 4.74. The van der Waals surface area contributed by atoms with Crippen molar-refractivity contribution in [3.63, 3.8) is 0 Å². The second-order valence-electron chi connectivity index (χ2n) is 10.5. The summed E-state index contributed by atoms with van der Waals surface area (Å²) in [5, 5.41) is 2.78. The molecule has 0 aromatic heterocycles. The Kier molecular flexibility index (Phi) is 11.5. The first-order valence-corrected chi connectivity index (χ1v) is 14.5. The number of hydrogen-bond acceptors (Lipinski definition) is 9. The quantitative estimate of drug-likeness (QED) is 0.229. The van der Waals surface area contributed by atoms with Gasteiger partial charge in [-0.1, -0.05) is 12.2 Å². The highest BCUT2D eigenvalue weighted by Gasteiger charge is 2.15. The first-order chi connectivity index (χ1) is 20.9. The highest BCUT2D eigenvalue weighted by Crippen LogP contribution is 2.31. The minimum absolute atomic E-state index is 0.0267. The Balaban J connectivity index is 1.32. The van der Waals surface area contributed by atoms with Gasteiger partial charge >= 0.3 is 5.97 Å². The van der Waals surface area contributed by atoms with Crippen LogP contribution in [0.5, 0.6) is 11.5 Å². The molecule has 3 N–H and O–H groups in total. The third-order valence-corrected chi connectivity index (χ3v) is 7.31. The van der Waals surface area contributed by atoms with Gasteiger partial charge in [-0.25, -0.2) is 4.79 Å². The summed E-state index contributed by atoms with van der Waals surface area (Å²) < 4.78 is 16.2. The summed E-state index contributed by atoms with van der Waals surface area (Å²) in [5.41, 5.74) is 9.36. The zero-order chi connectivity index (χ0) is 30.6. The molecule has 4 rings (SSSR count). The van der Waals surface area contributed by atoms with Gasteiger partial charge in [0.1, 0.15) is 0 Å². The number of benzene rings is 2. The Morgan fingerprint density at radius 1 is 1.02 bits per heavy atom. The first-order valence-electron chi connectivity index (χ1n) is 14.5. The number of nitrogens with two attached hydrogens (primary N) is 1. The van der Waals surface area contributed by atoms with Crippen molar-refractivity contribution in [3.8, 4) is 11.5 Å². The molecule has 0 spiro atoms. The largest absolute Gasteiger partial charge is 0.493 e. The van der Waals surface area contributed by atoms with Crippen molar-refractivity contribution in [1.29, 1.82) is 0 Å². The van der Waals surface area contributed by atoms with Gasteiger partial charge in [0, 0.05) is 49.7 Å². The van der Waals surface area contributed by atoms with E-state index in [4.69, 9.17) is 24.9 Å². The Morgan fingerprint density at radius 3 is 2.49 bits per heavy atom. The normalized spacial score (nSPS) is 18.3. The van der Waals surface area contributed by atoms with Crippen LogP contribution >= 0.6 is 0 Å². The predicted octanol–water partition coefficient (Wildman–Crippen LogP) is 4.11. The second kappa shape index (κ2) is 15.7. The van der Waals surface area contributed by atoms with Crippen LogP contribution in [0.2, 0.25) is 0 Å². The van der Waals surface area contributed by atoms with Gasteiger partial charge in [0.15, 0.2) is 11.5 Å². The first kappa shape index (κ1) is 31.5. The summed E-state index contributed by atoms with van der Waals surface area (Å²) in [4.78, 5) is 34.8. The molecule has 10 nitrogen and oxygen atoms in total. The Hall–Kier alpha value is -4.41. The maximum Gasteiger partial charge on any atom is 0.338 e. The summed E-state index contributed by atoms with van der Waals surface area (Å²) in [7, 11) is 5.30. The average Bonchev–Trinajstić information content (AvgIpc) is 3.01. The highest BCUT2D eigenvalue weighted by atomic mass is 16.5. The number of anilines is 1. The van der Waals surface area contributed by atoms with Crippen molar-refractivity contribution in [2.24, 2.45) is 10.7 Å². The second-order valence-corrected chi connectivity index (χ2v) is 10.5. The van der Waals surface area contributed by atoms with Crippen LogP contribution in [-0.2, 0) is 9.53 Å². The topological polar surface area (TPSA) is 119 Å². The number of piperazine rings is 1. The number of nitrogens with one attached hydrogen (secondary N) is 1. The van der Waals surface area contributed by atoms with Crippen LogP contribution in [0.4, 0.5) is 5.69 Å². The molecule has 1 amide bonds. The summed E-state index contributed by atoms with van der Waals surface area (Å²) in [5.74, 6) is 0.375. The van der Waals surface area contributed by atoms with Crippen LogP contribution in [-0.4, -0.2) is 88.0 Å². The van der Waals surface area contributed by atoms with Gasteiger partial charge in [-0.3, -0.25) is 9.79 Å². The molecule has 0 unspecified atom stereocenters. The number of likely N-dealkylation sites (N-methyl/N-ethyl adjacent to an activating group) is 1. The molecule has 1 saturated heterocycles. The molecule has 43 heavy (non-hydrogen) atoms. The van der Waals surface area contributed by atoms with Crippen molar-refractivity contribution < 1.29 is 23.8 Å². The number of amides is 1. The molecule has 1 fully saturated rings. The molecular weight excluding hydrogens is 546 g/mol. The van der Waals surface area contributed by atoms with E-state index in [1.807, 2.05) is 36.4 Å². The van der Waals surface area contributed by atoms with Crippen molar-refractivity contribution in [1.82, 2.24) is 9.80 Å². The number of rotatable bonds is 11. The van der Waals surface area contributed by atoms with E-state index in [1.54, 1.807) is 44.6 Å². The lowest BCUT2D eigenvalue weighted by Gasteiger charge is -2.32. The Morgan fingerprint density at radius 2 is 1.77 bits per heavy atom. The van der Waals surface area contributed by atoms with E-state index in [-0.39, 0.29) is 11.7 Å². The molecule has 0 aliphatic carbocycles. The maximum absolute atomic E-state index is 12.9. The molecular formula is C33H41N5O5. The number of esters is 1. The van der Waals surface area contributed by atoms with Crippen LogP contribution in [0.1, 0.15) is 35.2 Å². The lowest BCUT2D eigenvalue weighted by atomic mass is 10.1. The number of hydrogen-bond donors (Lipinski definition) is 2. The lowest BCUT2D eigenvalue weighted by Crippen LogP contribution is -2.44. The van der Waals surface area contributed by atoms with Gasteiger partial charge in [-0.2, -0.15) is 0 Å². The van der Waals surface area contributed by atoms with E-state index in [2.05, 4.69) is 22.2 Å². The van der Waals surface area contributed by atoms with Crippen LogP contribution in [0.3, 0.4) is 0 Å². The van der Waals surface area contributed by atoms with E-state index in [0.717, 1.165) is 51.1 Å². The van der Waals surface area contributed by atoms with Gasteiger partial charge in [-0.05, 0) is 80.9 Å². The van der Waals surface area contributed by atoms with E-state index < -0.39 is 5.91 Å². The van der Waals surface area contributed by atoms with Crippen molar-refractivity contribution in [2.45, 2.75) is 19.3 Å². The molecule has 10 heteroatoms. The number of carbonyl (C=O) groups is 2. The van der Waals surface area contributed by atoms with Crippen molar-refractivity contribution >= 4 is 29.0 Å². The molecule has 2 aliphatic rings. The molecule has 2 heterocycles. The minimum Gasteiger partial charge on any atom is -0.493 e. The van der Waals surface area contributed by atoms with Crippen LogP contribution in [0.15, 0.2) is 77.5 Å². The molecule has 228 valence electrons. The van der Waals surface area contributed by atoms with Gasteiger partial charge in [-0.15, -0.1) is 0 Å². The highest BCUT2D eigenvalue weighted by molar-refractivity contribution is 6.09. The van der Waals surface area contributed by atoms with Gasteiger partial charge in [0.2, 0.25) is 0 Å². The number of methoxy groups -OCH3 is 2. The fourth-order valence-electron chi connectivity index (χ4n) is 4.74. The van der Waals surface area contributed by atoms with Gasteiger partial charge in [0.25, 0.3) is 5.91 Å². The minimum atomic E-state index is -0.462. The SMILES string of the molecule is COc1ccc(/C2=C/C=C\CCC(C=C(N)C(=O)Nc3ccc(C(=O)OCCCN4CCN(C)CC4)cc3)=N2)cc1OC. The molecule has 0 radical (unpaired) electrons. The standard InChI is InChI=1S/C33H41N5O5/c1-37-17-19-38(20-18-37)16-7-21-43-33(40)24-10-13-26(14-11-24)36-32(39)28(34)23-27-8-5-4-6-9-29(35-27)25-12-15-30(41-2)31(22-25)42-3/h4,6,9-15,22-23H,5,7-8,16-21,34H2,1-3H3,(H,36,39)/b6-4-,28-23?,29-9-,35-27?. The predicted molar refractivity (Wildman–Crippen MR) is 170 cm³/mol. The molecule has 2 aliphatic heterocycles. The average molecular weight is 588 g/mol. The summed E-state index contributed by atoms with van der Waals surface area (Å²) in [6.07, 6.45) is 9.67.